The van der Waals surface area contributed by atoms with Crippen LogP contribution in [-0.2, 0) is 10.0 Å². The monoisotopic (exact) mass is 407 g/mol. The summed E-state index contributed by atoms with van der Waals surface area (Å²) in [5.74, 6) is 0. The largest absolute Gasteiger partial charge is 0.492 e. The molecule has 0 amide bonds. The average Bonchev–Trinajstić information content (AvgIpc) is 3.41. The second-order valence-corrected chi connectivity index (χ2v) is 6.94. The van der Waals surface area contributed by atoms with E-state index in [1.807, 2.05) is 78.9 Å². The van der Waals surface area contributed by atoms with E-state index in [1.54, 1.807) is 12.4 Å². The van der Waals surface area contributed by atoms with Gasteiger partial charge in [0.1, 0.15) is 0 Å². The van der Waals surface area contributed by atoms with Crippen LogP contribution in [0.25, 0.3) is 11.0 Å². The predicted molar refractivity (Wildman–Crippen MR) is 112 cm³/mol. The van der Waals surface area contributed by atoms with Crippen LogP contribution in [-0.4, -0.2) is 16.5 Å². The van der Waals surface area contributed by atoms with E-state index in [-0.39, 0.29) is 0 Å². The number of fused-ring (bicyclic) bond motifs is 1. The Hall–Kier alpha value is -2.95. The lowest BCUT2D eigenvalue weighted by molar-refractivity contribution is -0.524. The van der Waals surface area contributed by atoms with Gasteiger partial charge in [0, 0.05) is 12.2 Å². The van der Waals surface area contributed by atoms with Crippen molar-refractivity contribution in [1.29, 1.82) is 0 Å². The number of hydrogen-bond donors (Lipinski definition) is 0. The minimum absolute atomic E-state index is 0.526. The van der Waals surface area contributed by atoms with E-state index in [4.69, 9.17) is 27.6 Å². The van der Waals surface area contributed by atoms with Crippen molar-refractivity contribution < 1.29 is 4.42 Å². The molecule has 4 aromatic rings. The molecule has 0 aliphatic carbocycles. The van der Waals surface area contributed by atoms with Crippen LogP contribution in [0.4, 0.5) is 0 Å². The maximum Gasteiger partial charge on any atom is 0.350 e. The van der Waals surface area contributed by atoms with Crippen molar-refractivity contribution >= 4 is 40.5 Å². The highest BCUT2D eigenvalue weighted by atomic mass is 35.5. The molecule has 1 aliphatic heterocycles. The van der Waals surface area contributed by atoms with Gasteiger partial charge in [-0.15, -0.1) is 0 Å². The van der Waals surface area contributed by atoms with Gasteiger partial charge >= 0.3 is 11.9 Å². The van der Waals surface area contributed by atoms with Crippen molar-refractivity contribution in [3.8, 4) is 0 Å². The number of allylic oxidation sites excluding steroid dienone is 1. The Labute approximate surface area is 172 Å². The van der Waals surface area contributed by atoms with Crippen molar-refractivity contribution in [2.45, 2.75) is 5.60 Å². The van der Waals surface area contributed by atoms with Gasteiger partial charge in [-0.3, -0.25) is 0 Å². The predicted octanol–water partition coefficient (Wildman–Crippen LogP) is 5.13. The first-order valence-electron chi connectivity index (χ1n) is 8.60. The summed E-state index contributed by atoms with van der Waals surface area (Å²) in [4.78, 5) is 0. The Balaban J connectivity index is 0.000000177. The highest BCUT2D eigenvalue weighted by Gasteiger charge is 2.45. The Morgan fingerprint density at radius 3 is 2.04 bits per heavy atom. The second kappa shape index (κ2) is 7.97. The van der Waals surface area contributed by atoms with E-state index in [1.165, 1.54) is 0 Å². The molecule has 0 spiro atoms. The molecule has 138 valence electrons. The van der Waals surface area contributed by atoms with Gasteiger partial charge in [0.15, 0.2) is 0 Å². The summed E-state index contributed by atoms with van der Waals surface area (Å²) in [7, 11) is 0. The van der Waals surface area contributed by atoms with Crippen molar-refractivity contribution in [2.24, 2.45) is 0 Å². The molecule has 0 radical (unpaired) electrons. The van der Waals surface area contributed by atoms with Gasteiger partial charge in [-0.25, -0.2) is 4.42 Å². The number of hydrogen-bond acceptors (Lipinski definition) is 2. The summed E-state index contributed by atoms with van der Waals surface area (Å²) in [6, 6.07) is 23.2. The Morgan fingerprint density at radius 2 is 1.43 bits per heavy atom. The van der Waals surface area contributed by atoms with Crippen molar-refractivity contribution in [3.63, 3.8) is 0 Å². The Bertz CT molecular complexity index is 1110. The molecule has 0 bridgehead atoms. The summed E-state index contributed by atoms with van der Waals surface area (Å²) in [5, 5.41) is 12.1. The number of halogens is 2. The second-order valence-electron chi connectivity index (χ2n) is 6.12. The Kier molecular flexibility index (Phi) is 5.24. The number of aromatic nitrogens is 3. The molecule has 4 nitrogen and oxygen atoms in total. The van der Waals surface area contributed by atoms with Crippen LogP contribution in [0.2, 0.25) is 10.0 Å². The van der Waals surface area contributed by atoms with E-state index in [0.29, 0.717) is 10.0 Å². The molecule has 28 heavy (non-hydrogen) atoms. The first-order chi connectivity index (χ1) is 13.7. The van der Waals surface area contributed by atoms with Gasteiger partial charge in [-0.2, -0.15) is 0 Å². The zero-order valence-corrected chi connectivity index (χ0v) is 16.2. The summed E-state index contributed by atoms with van der Waals surface area (Å²) < 4.78 is 5.87. The summed E-state index contributed by atoms with van der Waals surface area (Å²) >= 11 is 12.1. The SMILES string of the molecule is Clc1ccc(C2(c3ccccc3)C=CC=[O+]2)cc1Cl.c1ccc2n[n-]nc2c1. The molecule has 0 N–H and O–H groups in total. The molecule has 1 unspecified atom stereocenters. The quantitative estimate of drug-likeness (QED) is 0.341. The lowest BCUT2D eigenvalue weighted by atomic mass is 9.86. The molecular weight excluding hydrogens is 393 g/mol. The fourth-order valence-electron chi connectivity index (χ4n) is 3.02. The molecule has 6 heteroatoms. The van der Waals surface area contributed by atoms with E-state index in [0.717, 1.165) is 22.2 Å². The zero-order valence-electron chi connectivity index (χ0n) is 14.7. The highest BCUT2D eigenvalue weighted by Crippen LogP contribution is 2.37. The number of nitrogens with zero attached hydrogens (tertiary/aromatic N) is 3. The van der Waals surface area contributed by atoms with Crippen molar-refractivity contribution in [1.82, 2.24) is 15.4 Å². The van der Waals surface area contributed by atoms with E-state index < -0.39 is 5.60 Å². The molecular formula is C22H15Cl2N3O. The van der Waals surface area contributed by atoms with E-state index >= 15 is 0 Å². The minimum atomic E-state index is -0.616. The smallest absolute Gasteiger partial charge is 0.350 e. The van der Waals surface area contributed by atoms with Gasteiger partial charge in [0.25, 0.3) is 0 Å². The summed E-state index contributed by atoms with van der Waals surface area (Å²) in [6.07, 6.45) is 5.60. The fraction of sp³-hybridized carbons (Fsp3) is 0.0455. The lowest BCUT2D eigenvalue weighted by Crippen LogP contribution is -2.24. The van der Waals surface area contributed by atoms with Crippen molar-refractivity contribution in [2.75, 3.05) is 0 Å². The van der Waals surface area contributed by atoms with Gasteiger partial charge in [-0.1, -0.05) is 53.5 Å². The third-order valence-electron chi connectivity index (χ3n) is 4.40. The maximum atomic E-state index is 6.12. The average molecular weight is 408 g/mol. The zero-order chi connectivity index (χ0) is 19.4. The molecule has 0 saturated carbocycles. The molecule has 1 aromatic heterocycles. The van der Waals surface area contributed by atoms with Crippen LogP contribution in [0.1, 0.15) is 11.1 Å². The van der Waals surface area contributed by atoms with Gasteiger partial charge in [0.2, 0.25) is 0 Å². The third kappa shape index (κ3) is 3.57. The molecule has 0 saturated heterocycles. The van der Waals surface area contributed by atoms with Crippen LogP contribution in [0.5, 0.6) is 0 Å². The minimum Gasteiger partial charge on any atom is -0.492 e. The van der Waals surface area contributed by atoms with Gasteiger partial charge < -0.3 is 15.4 Å². The number of aldehydes is 1. The number of carbonyl (C=O) groups excluding carboxylic acids is 1. The van der Waals surface area contributed by atoms with Crippen LogP contribution in [0.15, 0.2) is 84.9 Å². The lowest BCUT2D eigenvalue weighted by Gasteiger charge is -2.15. The van der Waals surface area contributed by atoms with Crippen LogP contribution >= 0.6 is 23.2 Å². The van der Waals surface area contributed by atoms with Crippen molar-refractivity contribution in [3.05, 3.63) is 106 Å². The Morgan fingerprint density at radius 1 is 0.750 bits per heavy atom. The van der Waals surface area contributed by atoms with Crippen LogP contribution in [0.3, 0.4) is 0 Å². The molecule has 0 fully saturated rings. The first kappa shape index (κ1) is 18.4. The molecule has 2 heterocycles. The molecule has 1 atom stereocenters. The van der Waals surface area contributed by atoms with Gasteiger partial charge in [0.05, 0.1) is 32.2 Å². The topological polar surface area (TPSA) is 51.2 Å². The van der Waals surface area contributed by atoms with E-state index in [9.17, 15) is 0 Å². The summed E-state index contributed by atoms with van der Waals surface area (Å²) in [5.41, 5.74) is 3.11. The summed E-state index contributed by atoms with van der Waals surface area (Å²) in [6.45, 7) is 0. The van der Waals surface area contributed by atoms with Gasteiger partial charge in [-0.05, 0) is 42.5 Å². The normalized spacial score (nSPS) is 17.5. The number of rotatable bonds is 2. The standard InChI is InChI=1S/C16H11Cl2O.C6H4N3/c17-14-8-7-13(11-15(14)18)16(9-4-10-19-16)12-5-2-1-3-6-12;1-2-4-6-5(3-1)7-9-8-6/h1-11H;1-4H/q+1;-1. The number of benzene rings is 3. The highest BCUT2D eigenvalue weighted by molar-refractivity contribution is 6.42. The first-order valence-corrected chi connectivity index (χ1v) is 9.35. The maximum absolute atomic E-state index is 6.12. The van der Waals surface area contributed by atoms with E-state index in [2.05, 4.69) is 15.4 Å². The molecule has 1 aliphatic rings. The van der Waals surface area contributed by atoms with Crippen LogP contribution in [0, 0.1) is 0 Å². The third-order valence-corrected chi connectivity index (χ3v) is 5.14. The molecule has 5 rings (SSSR count). The fourth-order valence-corrected chi connectivity index (χ4v) is 3.32. The molecule has 3 aromatic carbocycles. The van der Waals surface area contributed by atoms with Crippen LogP contribution < -0.4 is 5.21 Å².